The lowest BCUT2D eigenvalue weighted by atomic mass is 9.85. The Kier molecular flexibility index (Phi) is 4.81. The van der Waals surface area contributed by atoms with Crippen molar-refractivity contribution in [1.29, 1.82) is 0 Å². The first-order chi connectivity index (χ1) is 11.6. The Morgan fingerprint density at radius 2 is 2.08 bits per heavy atom. The monoisotopic (exact) mass is 327 g/mol. The quantitative estimate of drug-likeness (QED) is 0.610. The van der Waals surface area contributed by atoms with E-state index in [1.54, 1.807) is 19.2 Å². The van der Waals surface area contributed by atoms with Gasteiger partial charge in [-0.3, -0.25) is 10.1 Å². The summed E-state index contributed by atoms with van der Waals surface area (Å²) in [6, 6.07) is 12.9. The number of nitro groups is 1. The molecule has 2 aromatic carbocycles. The minimum absolute atomic E-state index is 0.103. The third-order valence-corrected chi connectivity index (χ3v) is 4.56. The van der Waals surface area contributed by atoms with Crippen LogP contribution in [0, 0.1) is 17.0 Å². The molecule has 24 heavy (non-hydrogen) atoms. The topological polar surface area (TPSA) is 61.6 Å². The van der Waals surface area contributed by atoms with E-state index in [4.69, 9.17) is 9.47 Å². The van der Waals surface area contributed by atoms with Gasteiger partial charge in [0.05, 0.1) is 18.1 Å². The minimum atomic E-state index is -0.368. The number of nitrogens with zero attached hydrogens (tertiary/aromatic N) is 1. The molecule has 0 saturated carbocycles. The second-order valence-electron chi connectivity index (χ2n) is 6.18. The highest BCUT2D eigenvalue weighted by atomic mass is 16.6. The molecule has 1 saturated heterocycles. The number of non-ortho nitro benzene ring substituents is 1. The molecule has 0 aromatic heterocycles. The summed E-state index contributed by atoms with van der Waals surface area (Å²) in [5.41, 5.74) is 3.35. The number of ether oxygens (including phenoxy) is 2. The van der Waals surface area contributed by atoms with Gasteiger partial charge in [0.1, 0.15) is 5.75 Å². The normalized spacial score (nSPS) is 20.6. The first-order valence-electron chi connectivity index (χ1n) is 8.09. The van der Waals surface area contributed by atoms with Crippen LogP contribution in [-0.4, -0.2) is 18.6 Å². The van der Waals surface area contributed by atoms with Gasteiger partial charge in [0.25, 0.3) is 5.69 Å². The molecule has 1 aliphatic rings. The number of hydrogen-bond donors (Lipinski definition) is 0. The molecule has 0 bridgehead atoms. The highest BCUT2D eigenvalue weighted by molar-refractivity contribution is 5.40. The Morgan fingerprint density at radius 1 is 1.25 bits per heavy atom. The number of hydrogen-bond acceptors (Lipinski definition) is 4. The standard InChI is InChI=1S/C19H21NO4/c1-13-6-7-18(23-2)17(10-13)14-8-9-24-19(12-14)15-4-3-5-16(11-15)20(21)22/h3-7,10-11,14,19H,8-9,12H2,1-2H3/t14-,19+/m0/s1. The molecule has 0 spiro atoms. The highest BCUT2D eigenvalue weighted by Crippen LogP contribution is 2.41. The van der Waals surface area contributed by atoms with Gasteiger partial charge in [-0.25, -0.2) is 0 Å². The Bertz CT molecular complexity index is 744. The fraction of sp³-hybridized carbons (Fsp3) is 0.368. The van der Waals surface area contributed by atoms with Gasteiger partial charge in [0.15, 0.2) is 0 Å². The molecule has 1 aliphatic heterocycles. The maximum atomic E-state index is 11.0. The van der Waals surface area contributed by atoms with E-state index in [0.29, 0.717) is 12.5 Å². The fourth-order valence-electron chi connectivity index (χ4n) is 3.32. The van der Waals surface area contributed by atoms with Crippen LogP contribution in [-0.2, 0) is 4.74 Å². The molecule has 0 N–H and O–H groups in total. The summed E-state index contributed by atoms with van der Waals surface area (Å²) in [6.45, 7) is 2.70. The number of methoxy groups -OCH3 is 1. The Hall–Kier alpha value is -2.40. The number of aryl methyl sites for hydroxylation is 1. The van der Waals surface area contributed by atoms with Gasteiger partial charge in [-0.1, -0.05) is 29.8 Å². The summed E-state index contributed by atoms with van der Waals surface area (Å²) >= 11 is 0. The molecule has 126 valence electrons. The largest absolute Gasteiger partial charge is 0.496 e. The summed E-state index contributed by atoms with van der Waals surface area (Å²) < 4.78 is 11.4. The molecule has 0 radical (unpaired) electrons. The molecular weight excluding hydrogens is 306 g/mol. The van der Waals surface area contributed by atoms with Gasteiger partial charge in [0.2, 0.25) is 0 Å². The second-order valence-corrected chi connectivity index (χ2v) is 6.18. The Balaban J connectivity index is 1.86. The average molecular weight is 327 g/mol. The molecule has 1 heterocycles. The summed E-state index contributed by atoms with van der Waals surface area (Å²) in [5.74, 6) is 1.21. The van der Waals surface area contributed by atoms with E-state index >= 15 is 0 Å². The van der Waals surface area contributed by atoms with Gasteiger partial charge < -0.3 is 9.47 Å². The van der Waals surface area contributed by atoms with Gasteiger partial charge in [-0.05, 0) is 42.9 Å². The Morgan fingerprint density at radius 3 is 2.83 bits per heavy atom. The summed E-state index contributed by atoms with van der Waals surface area (Å²) in [7, 11) is 1.69. The molecule has 2 aromatic rings. The predicted octanol–water partition coefficient (Wildman–Crippen LogP) is 4.55. The van der Waals surface area contributed by atoms with E-state index in [-0.39, 0.29) is 16.7 Å². The highest BCUT2D eigenvalue weighted by Gasteiger charge is 2.27. The molecule has 0 amide bonds. The number of nitro benzene ring substituents is 1. The summed E-state index contributed by atoms with van der Waals surface area (Å²) in [6.07, 6.45) is 1.58. The van der Waals surface area contributed by atoms with Crippen molar-refractivity contribution in [2.45, 2.75) is 31.8 Å². The van der Waals surface area contributed by atoms with Crippen LogP contribution in [0.25, 0.3) is 0 Å². The van der Waals surface area contributed by atoms with E-state index in [1.165, 1.54) is 17.2 Å². The molecule has 5 nitrogen and oxygen atoms in total. The van der Waals surface area contributed by atoms with Crippen LogP contribution >= 0.6 is 0 Å². The smallest absolute Gasteiger partial charge is 0.269 e. The van der Waals surface area contributed by atoms with E-state index in [9.17, 15) is 10.1 Å². The molecular formula is C19H21NO4. The molecule has 0 unspecified atom stereocenters. The summed E-state index contributed by atoms with van der Waals surface area (Å²) in [5, 5.41) is 11.0. The van der Waals surface area contributed by atoms with Gasteiger partial charge in [0, 0.05) is 18.7 Å². The van der Waals surface area contributed by atoms with Crippen LogP contribution in [0.3, 0.4) is 0 Å². The molecule has 3 rings (SSSR count). The van der Waals surface area contributed by atoms with Crippen LogP contribution < -0.4 is 4.74 Å². The zero-order valence-corrected chi connectivity index (χ0v) is 13.9. The zero-order chi connectivity index (χ0) is 17.1. The third-order valence-electron chi connectivity index (χ3n) is 4.56. The summed E-state index contributed by atoms with van der Waals surface area (Å²) in [4.78, 5) is 10.6. The fourth-order valence-corrected chi connectivity index (χ4v) is 3.32. The molecule has 1 fully saturated rings. The van der Waals surface area contributed by atoms with Crippen LogP contribution in [0.2, 0.25) is 0 Å². The van der Waals surface area contributed by atoms with Crippen molar-refractivity contribution < 1.29 is 14.4 Å². The lowest BCUT2D eigenvalue weighted by Crippen LogP contribution is -2.19. The molecule has 5 heteroatoms. The van der Waals surface area contributed by atoms with E-state index in [0.717, 1.165) is 24.2 Å². The lowest BCUT2D eigenvalue weighted by Gasteiger charge is -2.31. The van der Waals surface area contributed by atoms with Crippen LogP contribution in [0.5, 0.6) is 5.75 Å². The van der Waals surface area contributed by atoms with Crippen molar-refractivity contribution >= 4 is 5.69 Å². The van der Waals surface area contributed by atoms with E-state index in [1.807, 2.05) is 18.2 Å². The zero-order valence-electron chi connectivity index (χ0n) is 13.9. The maximum Gasteiger partial charge on any atom is 0.269 e. The van der Waals surface area contributed by atoms with Crippen molar-refractivity contribution in [3.8, 4) is 5.75 Å². The van der Waals surface area contributed by atoms with Gasteiger partial charge in [-0.15, -0.1) is 0 Å². The maximum absolute atomic E-state index is 11.0. The second kappa shape index (κ2) is 7.01. The SMILES string of the molecule is COc1ccc(C)cc1[C@H]1CCO[C@@H](c2cccc([N+](=O)[O-])c2)C1. The first-order valence-corrected chi connectivity index (χ1v) is 8.09. The average Bonchev–Trinajstić information content (AvgIpc) is 2.62. The lowest BCUT2D eigenvalue weighted by molar-refractivity contribution is -0.385. The van der Waals surface area contributed by atoms with Crippen molar-refractivity contribution in [3.05, 3.63) is 69.3 Å². The van der Waals surface area contributed by atoms with Crippen molar-refractivity contribution in [3.63, 3.8) is 0 Å². The van der Waals surface area contributed by atoms with Crippen molar-refractivity contribution in [2.75, 3.05) is 13.7 Å². The first kappa shape index (κ1) is 16.5. The van der Waals surface area contributed by atoms with E-state index < -0.39 is 0 Å². The van der Waals surface area contributed by atoms with Crippen LogP contribution in [0.15, 0.2) is 42.5 Å². The molecule has 2 atom stereocenters. The van der Waals surface area contributed by atoms with Crippen molar-refractivity contribution in [2.24, 2.45) is 0 Å². The predicted molar refractivity (Wildman–Crippen MR) is 91.5 cm³/mol. The number of rotatable bonds is 4. The van der Waals surface area contributed by atoms with E-state index in [2.05, 4.69) is 13.0 Å². The van der Waals surface area contributed by atoms with Crippen molar-refractivity contribution in [1.82, 2.24) is 0 Å². The molecule has 0 aliphatic carbocycles. The van der Waals surface area contributed by atoms with Crippen LogP contribution in [0.4, 0.5) is 5.69 Å². The third kappa shape index (κ3) is 3.41. The number of benzene rings is 2. The Labute approximate surface area is 141 Å². The van der Waals surface area contributed by atoms with Gasteiger partial charge >= 0.3 is 0 Å². The minimum Gasteiger partial charge on any atom is -0.496 e. The van der Waals surface area contributed by atoms with Crippen LogP contribution in [0.1, 0.15) is 41.6 Å². The van der Waals surface area contributed by atoms with Gasteiger partial charge in [-0.2, -0.15) is 0 Å².